The third-order valence-corrected chi connectivity index (χ3v) is 2.84. The van der Waals surface area contributed by atoms with E-state index in [1.165, 1.54) is 0 Å². The Morgan fingerprint density at radius 1 is 1.05 bits per heavy atom. The number of carbonyl (C=O) groups is 1. The number of aromatic nitrogens is 1. The molecule has 2 aromatic rings. The Hall–Kier alpha value is -2.16. The van der Waals surface area contributed by atoms with Crippen molar-refractivity contribution < 1.29 is 9.53 Å². The highest BCUT2D eigenvalue weighted by atomic mass is 16.5. The zero-order chi connectivity index (χ0) is 13.7. The molecule has 0 spiro atoms. The van der Waals surface area contributed by atoms with Crippen LogP contribution in [0.15, 0.2) is 54.7 Å². The second-order valence-electron chi connectivity index (χ2n) is 4.70. The average molecular weight is 255 g/mol. The standard InChI is InChI=1S/C16H17NO2/c1-12(2)15(13-8-4-3-5-9-13)19-16(18)14-10-6-7-11-17-14/h3-12,15H,1-2H3. The minimum atomic E-state index is -0.386. The number of nitrogens with zero attached hydrogens (tertiary/aromatic N) is 1. The summed E-state index contributed by atoms with van der Waals surface area (Å²) in [7, 11) is 0. The summed E-state index contributed by atoms with van der Waals surface area (Å²) in [5.74, 6) is -0.182. The molecule has 0 amide bonds. The number of benzene rings is 1. The molecule has 1 atom stereocenters. The molecule has 1 heterocycles. The van der Waals surface area contributed by atoms with Gasteiger partial charge in [-0.1, -0.05) is 50.2 Å². The van der Waals surface area contributed by atoms with Crippen molar-refractivity contribution in [3.63, 3.8) is 0 Å². The highest BCUT2D eigenvalue weighted by molar-refractivity contribution is 5.87. The molecule has 0 N–H and O–H groups in total. The van der Waals surface area contributed by atoms with Gasteiger partial charge in [0.2, 0.25) is 0 Å². The number of ether oxygens (including phenoxy) is 1. The first kappa shape index (κ1) is 13.3. The van der Waals surface area contributed by atoms with Crippen molar-refractivity contribution in [2.45, 2.75) is 20.0 Å². The van der Waals surface area contributed by atoms with Gasteiger partial charge in [0.1, 0.15) is 11.8 Å². The van der Waals surface area contributed by atoms with Crippen LogP contribution in [0.3, 0.4) is 0 Å². The highest BCUT2D eigenvalue weighted by Crippen LogP contribution is 2.26. The molecular formula is C16H17NO2. The van der Waals surface area contributed by atoms with E-state index in [9.17, 15) is 4.79 Å². The Balaban J connectivity index is 2.17. The van der Waals surface area contributed by atoms with Crippen molar-refractivity contribution in [1.82, 2.24) is 4.98 Å². The average Bonchev–Trinajstić information content (AvgIpc) is 2.46. The Kier molecular flexibility index (Phi) is 4.29. The fraction of sp³-hybridized carbons (Fsp3) is 0.250. The third kappa shape index (κ3) is 3.41. The summed E-state index contributed by atoms with van der Waals surface area (Å²) in [6, 6.07) is 15.0. The van der Waals surface area contributed by atoms with Crippen molar-refractivity contribution in [3.8, 4) is 0 Å². The van der Waals surface area contributed by atoms with Gasteiger partial charge in [-0.2, -0.15) is 0 Å². The van der Waals surface area contributed by atoms with E-state index in [0.717, 1.165) is 5.56 Å². The van der Waals surface area contributed by atoms with Gasteiger partial charge in [-0.15, -0.1) is 0 Å². The van der Waals surface area contributed by atoms with Gasteiger partial charge in [0.25, 0.3) is 0 Å². The number of esters is 1. The lowest BCUT2D eigenvalue weighted by atomic mass is 9.99. The van der Waals surface area contributed by atoms with E-state index in [4.69, 9.17) is 4.74 Å². The zero-order valence-corrected chi connectivity index (χ0v) is 11.1. The summed E-state index contributed by atoms with van der Waals surface area (Å²) in [4.78, 5) is 16.1. The highest BCUT2D eigenvalue weighted by Gasteiger charge is 2.21. The SMILES string of the molecule is CC(C)C(OC(=O)c1ccccn1)c1ccccc1. The van der Waals surface area contributed by atoms with Gasteiger partial charge >= 0.3 is 5.97 Å². The molecule has 1 unspecified atom stereocenters. The van der Waals surface area contributed by atoms with Crippen molar-refractivity contribution in [2.24, 2.45) is 5.92 Å². The summed E-state index contributed by atoms with van der Waals surface area (Å²) < 4.78 is 5.58. The van der Waals surface area contributed by atoms with E-state index < -0.39 is 0 Å². The largest absolute Gasteiger partial charge is 0.452 e. The number of rotatable bonds is 4. The van der Waals surface area contributed by atoms with Crippen LogP contribution in [0.2, 0.25) is 0 Å². The van der Waals surface area contributed by atoms with Crippen LogP contribution in [0, 0.1) is 5.92 Å². The number of pyridine rings is 1. The van der Waals surface area contributed by atoms with Gasteiger partial charge in [0.15, 0.2) is 0 Å². The summed E-state index contributed by atoms with van der Waals surface area (Å²) in [5, 5.41) is 0. The van der Waals surface area contributed by atoms with Crippen molar-refractivity contribution in [3.05, 3.63) is 66.0 Å². The maximum absolute atomic E-state index is 12.0. The Morgan fingerprint density at radius 2 is 1.74 bits per heavy atom. The molecule has 2 rings (SSSR count). The van der Waals surface area contributed by atoms with Gasteiger partial charge in [0.05, 0.1) is 0 Å². The molecule has 0 saturated heterocycles. The Morgan fingerprint density at radius 3 is 2.32 bits per heavy atom. The lowest BCUT2D eigenvalue weighted by Gasteiger charge is -2.21. The van der Waals surface area contributed by atoms with Gasteiger partial charge in [-0.25, -0.2) is 9.78 Å². The number of hydrogen-bond acceptors (Lipinski definition) is 3. The molecule has 1 aromatic heterocycles. The molecular weight excluding hydrogens is 238 g/mol. The van der Waals surface area contributed by atoms with E-state index in [2.05, 4.69) is 4.98 Å². The zero-order valence-electron chi connectivity index (χ0n) is 11.1. The Labute approximate surface area is 113 Å². The first-order valence-corrected chi connectivity index (χ1v) is 6.35. The van der Waals surface area contributed by atoms with Gasteiger partial charge in [0, 0.05) is 6.20 Å². The summed E-state index contributed by atoms with van der Waals surface area (Å²) in [6.45, 7) is 4.06. The monoisotopic (exact) mass is 255 g/mol. The third-order valence-electron chi connectivity index (χ3n) is 2.84. The summed E-state index contributed by atoms with van der Waals surface area (Å²) >= 11 is 0. The van der Waals surface area contributed by atoms with Crippen LogP contribution in [0.5, 0.6) is 0 Å². The fourth-order valence-corrected chi connectivity index (χ4v) is 1.89. The molecule has 0 aliphatic rings. The fourth-order valence-electron chi connectivity index (χ4n) is 1.89. The van der Waals surface area contributed by atoms with Crippen LogP contribution < -0.4 is 0 Å². The molecule has 1 aromatic carbocycles. The van der Waals surface area contributed by atoms with Gasteiger partial charge in [-0.3, -0.25) is 0 Å². The van der Waals surface area contributed by atoms with Crippen LogP contribution in [0.1, 0.15) is 36.0 Å². The maximum atomic E-state index is 12.0. The molecule has 0 bridgehead atoms. The minimum Gasteiger partial charge on any atom is -0.452 e. The minimum absolute atomic E-state index is 0.204. The molecule has 3 nitrogen and oxygen atoms in total. The van der Waals surface area contributed by atoms with Crippen LogP contribution in [0.4, 0.5) is 0 Å². The van der Waals surface area contributed by atoms with Crippen LogP contribution in [-0.4, -0.2) is 11.0 Å². The van der Waals surface area contributed by atoms with Crippen LogP contribution in [-0.2, 0) is 4.74 Å². The van der Waals surface area contributed by atoms with E-state index in [0.29, 0.717) is 5.69 Å². The lowest BCUT2D eigenvalue weighted by molar-refractivity contribution is 0.0170. The Bertz CT molecular complexity index is 523. The van der Waals surface area contributed by atoms with E-state index in [1.54, 1.807) is 24.4 Å². The van der Waals surface area contributed by atoms with Crippen molar-refractivity contribution >= 4 is 5.97 Å². The molecule has 0 aliphatic heterocycles. The predicted molar refractivity (Wildman–Crippen MR) is 73.7 cm³/mol. The molecule has 0 fully saturated rings. The number of carbonyl (C=O) groups excluding carboxylic acids is 1. The molecule has 0 aliphatic carbocycles. The van der Waals surface area contributed by atoms with E-state index in [1.807, 2.05) is 44.2 Å². The number of hydrogen-bond donors (Lipinski definition) is 0. The maximum Gasteiger partial charge on any atom is 0.357 e. The second-order valence-corrected chi connectivity index (χ2v) is 4.70. The smallest absolute Gasteiger partial charge is 0.357 e. The summed E-state index contributed by atoms with van der Waals surface area (Å²) in [6.07, 6.45) is 1.33. The van der Waals surface area contributed by atoms with E-state index in [-0.39, 0.29) is 18.0 Å². The van der Waals surface area contributed by atoms with Crippen molar-refractivity contribution in [1.29, 1.82) is 0 Å². The first-order valence-electron chi connectivity index (χ1n) is 6.35. The molecule has 98 valence electrons. The quantitative estimate of drug-likeness (QED) is 0.783. The first-order chi connectivity index (χ1) is 9.18. The topological polar surface area (TPSA) is 39.2 Å². The van der Waals surface area contributed by atoms with Crippen LogP contribution >= 0.6 is 0 Å². The molecule has 3 heteroatoms. The molecule has 0 saturated carbocycles. The predicted octanol–water partition coefficient (Wildman–Crippen LogP) is 3.64. The van der Waals surface area contributed by atoms with Crippen molar-refractivity contribution in [2.75, 3.05) is 0 Å². The van der Waals surface area contributed by atoms with Gasteiger partial charge < -0.3 is 4.74 Å². The molecule has 0 radical (unpaired) electrons. The van der Waals surface area contributed by atoms with Gasteiger partial charge in [-0.05, 0) is 23.6 Å². The second kappa shape index (κ2) is 6.14. The van der Waals surface area contributed by atoms with E-state index >= 15 is 0 Å². The lowest BCUT2D eigenvalue weighted by Crippen LogP contribution is -2.17. The molecule has 19 heavy (non-hydrogen) atoms. The summed E-state index contributed by atoms with van der Waals surface area (Å²) in [5.41, 5.74) is 1.34. The van der Waals surface area contributed by atoms with Crippen LogP contribution in [0.25, 0.3) is 0 Å². The normalized spacial score (nSPS) is 12.2.